The van der Waals surface area contributed by atoms with Gasteiger partial charge in [0.25, 0.3) is 0 Å². The first kappa shape index (κ1) is 22.1. The summed E-state index contributed by atoms with van der Waals surface area (Å²) in [5.41, 5.74) is -0.780. The molecule has 0 heterocycles. The predicted octanol–water partition coefficient (Wildman–Crippen LogP) is 4.22. The first-order valence-electron chi connectivity index (χ1n) is 8.05. The fourth-order valence-corrected chi connectivity index (χ4v) is 4.20. The Morgan fingerprint density at radius 3 is 2.36 bits per heavy atom. The van der Waals surface area contributed by atoms with Gasteiger partial charge in [-0.3, -0.25) is 9.10 Å². The molecule has 0 aromatic heterocycles. The van der Waals surface area contributed by atoms with Crippen LogP contribution in [0.3, 0.4) is 0 Å². The second kappa shape index (κ2) is 8.44. The van der Waals surface area contributed by atoms with Crippen LogP contribution < -0.4 is 9.62 Å². The Balaban J connectivity index is 2.36. The second-order valence-corrected chi connectivity index (χ2v) is 8.74. The minimum Gasteiger partial charge on any atom is -0.324 e. The van der Waals surface area contributed by atoms with Gasteiger partial charge in [-0.2, -0.15) is 13.2 Å². The number of carbonyl (C=O) groups excluding carboxylic acids is 1. The molecule has 0 bridgehead atoms. The largest absolute Gasteiger partial charge is 0.416 e. The summed E-state index contributed by atoms with van der Waals surface area (Å²) in [5, 5.41) is 2.60. The third-order valence-corrected chi connectivity index (χ3v) is 5.82. The minimum absolute atomic E-state index is 0.238. The number of amides is 1. The molecule has 0 saturated carbocycles. The summed E-state index contributed by atoms with van der Waals surface area (Å²) in [4.78, 5) is 13.5. The molecule has 0 aliphatic carbocycles. The third kappa shape index (κ3) is 5.41. The molecule has 0 radical (unpaired) electrons. The summed E-state index contributed by atoms with van der Waals surface area (Å²) in [6, 6.07) is 9.52. The fourth-order valence-electron chi connectivity index (χ4n) is 2.58. The lowest BCUT2D eigenvalue weighted by Crippen LogP contribution is -2.45. The molecule has 2 rings (SSSR count). The maximum Gasteiger partial charge on any atom is 0.416 e. The smallest absolute Gasteiger partial charge is 0.324 e. The Labute approximate surface area is 166 Å². The summed E-state index contributed by atoms with van der Waals surface area (Å²) in [6.45, 7) is 1.31. The molecule has 5 nitrogen and oxygen atoms in total. The molecule has 0 saturated heterocycles. The van der Waals surface area contributed by atoms with E-state index in [1.807, 2.05) is 12.3 Å². The highest BCUT2D eigenvalue weighted by atomic mass is 32.2. The number of rotatable bonds is 6. The number of nitrogens with zero attached hydrogens (tertiary/aromatic N) is 1. The average molecular weight is 432 g/mol. The van der Waals surface area contributed by atoms with Gasteiger partial charge in [0.15, 0.2) is 0 Å². The molecule has 1 amide bonds. The van der Waals surface area contributed by atoms with E-state index in [0.29, 0.717) is 16.1 Å². The van der Waals surface area contributed by atoms with Crippen LogP contribution in [0.15, 0.2) is 53.4 Å². The van der Waals surface area contributed by atoms with Crippen molar-refractivity contribution < 1.29 is 26.4 Å². The predicted molar refractivity (Wildman–Crippen MR) is 105 cm³/mol. The Morgan fingerprint density at radius 1 is 1.14 bits per heavy atom. The van der Waals surface area contributed by atoms with E-state index in [1.54, 1.807) is 18.2 Å². The number of anilines is 2. The summed E-state index contributed by atoms with van der Waals surface area (Å²) in [6.07, 6.45) is -1.93. The van der Waals surface area contributed by atoms with E-state index in [0.717, 1.165) is 23.3 Å². The highest BCUT2D eigenvalue weighted by molar-refractivity contribution is 7.98. The van der Waals surface area contributed by atoms with Crippen molar-refractivity contribution in [3.05, 3.63) is 54.1 Å². The zero-order valence-electron chi connectivity index (χ0n) is 15.3. The lowest BCUT2D eigenvalue weighted by molar-refractivity contribution is -0.137. The summed E-state index contributed by atoms with van der Waals surface area (Å²) < 4.78 is 64.2. The number of benzene rings is 2. The van der Waals surface area contributed by atoms with Gasteiger partial charge in [-0.05, 0) is 49.6 Å². The number of nitrogens with one attached hydrogen (secondary N) is 1. The van der Waals surface area contributed by atoms with Crippen molar-refractivity contribution in [2.24, 2.45) is 0 Å². The molecule has 1 atom stereocenters. The lowest BCUT2D eigenvalue weighted by Gasteiger charge is -2.28. The van der Waals surface area contributed by atoms with Gasteiger partial charge in [0.2, 0.25) is 15.9 Å². The Kier molecular flexibility index (Phi) is 6.66. The topological polar surface area (TPSA) is 66.5 Å². The van der Waals surface area contributed by atoms with E-state index in [4.69, 9.17) is 0 Å². The van der Waals surface area contributed by atoms with Gasteiger partial charge in [-0.1, -0.05) is 12.1 Å². The maximum atomic E-state index is 13.0. The first-order chi connectivity index (χ1) is 12.9. The van der Waals surface area contributed by atoms with E-state index >= 15 is 0 Å². The lowest BCUT2D eigenvalue weighted by atomic mass is 10.1. The van der Waals surface area contributed by atoms with Gasteiger partial charge >= 0.3 is 6.18 Å². The van der Waals surface area contributed by atoms with Crippen LogP contribution in [-0.2, 0) is 21.0 Å². The zero-order valence-corrected chi connectivity index (χ0v) is 17.0. The molecule has 0 aliphatic heterocycles. The van der Waals surface area contributed by atoms with Crippen LogP contribution in [0.25, 0.3) is 0 Å². The van der Waals surface area contributed by atoms with Crippen LogP contribution in [0.5, 0.6) is 0 Å². The number of sulfonamides is 1. The Hall–Kier alpha value is -2.20. The summed E-state index contributed by atoms with van der Waals surface area (Å²) in [7, 11) is -4.03. The normalized spacial score (nSPS) is 13.1. The molecule has 1 unspecified atom stereocenters. The van der Waals surface area contributed by atoms with Crippen molar-refractivity contribution in [2.75, 3.05) is 22.1 Å². The summed E-state index contributed by atoms with van der Waals surface area (Å²) in [5.74, 6) is -0.666. The van der Waals surface area contributed by atoms with E-state index in [9.17, 15) is 26.4 Å². The quantitative estimate of drug-likeness (QED) is 0.694. The molecule has 2 aromatic carbocycles. The van der Waals surface area contributed by atoms with Crippen molar-refractivity contribution in [3.8, 4) is 0 Å². The Bertz CT molecular complexity index is 963. The molecule has 2 aromatic rings. The number of hydrogen-bond donors (Lipinski definition) is 1. The fraction of sp³-hybridized carbons (Fsp3) is 0.278. The molecule has 0 aliphatic rings. The monoisotopic (exact) mass is 432 g/mol. The van der Waals surface area contributed by atoms with Crippen LogP contribution in [0, 0.1) is 0 Å². The molecule has 1 N–H and O–H groups in total. The number of alkyl halides is 3. The van der Waals surface area contributed by atoms with Crippen LogP contribution in [0.4, 0.5) is 24.5 Å². The van der Waals surface area contributed by atoms with Gasteiger partial charge in [0.05, 0.1) is 17.5 Å². The van der Waals surface area contributed by atoms with Crippen molar-refractivity contribution >= 4 is 39.1 Å². The van der Waals surface area contributed by atoms with Crippen LogP contribution in [0.1, 0.15) is 12.5 Å². The third-order valence-electron chi connectivity index (χ3n) is 3.85. The molecule has 10 heteroatoms. The highest BCUT2D eigenvalue weighted by Gasteiger charge is 2.34. The summed E-state index contributed by atoms with van der Waals surface area (Å²) >= 11 is 1.47. The molecule has 0 fully saturated rings. The SMILES string of the molecule is CSc1cccc(NC(=O)C(C)N(c2cccc(C(F)(F)F)c2)S(C)(=O)=O)c1. The van der Waals surface area contributed by atoms with E-state index in [-0.39, 0.29) is 5.69 Å². The Morgan fingerprint density at radius 2 is 1.79 bits per heavy atom. The molecule has 0 spiro atoms. The van der Waals surface area contributed by atoms with E-state index < -0.39 is 33.7 Å². The number of halogens is 3. The van der Waals surface area contributed by atoms with Crippen LogP contribution in [-0.4, -0.2) is 32.9 Å². The number of hydrogen-bond acceptors (Lipinski definition) is 4. The van der Waals surface area contributed by atoms with Gasteiger partial charge in [0, 0.05) is 10.6 Å². The number of thioether (sulfide) groups is 1. The zero-order chi connectivity index (χ0) is 21.1. The maximum absolute atomic E-state index is 13.0. The van der Waals surface area contributed by atoms with E-state index in [2.05, 4.69) is 5.32 Å². The van der Waals surface area contributed by atoms with Crippen molar-refractivity contribution in [3.63, 3.8) is 0 Å². The first-order valence-corrected chi connectivity index (χ1v) is 11.1. The van der Waals surface area contributed by atoms with Gasteiger partial charge in [-0.15, -0.1) is 11.8 Å². The molecule has 28 heavy (non-hydrogen) atoms. The van der Waals surface area contributed by atoms with Gasteiger partial charge in [-0.25, -0.2) is 8.42 Å². The molecular weight excluding hydrogens is 413 g/mol. The van der Waals surface area contributed by atoms with Gasteiger partial charge < -0.3 is 5.32 Å². The standard InChI is InChI=1S/C18H19F3N2O3S2/c1-12(17(24)22-14-7-5-9-16(11-14)27-2)23(28(3,25)26)15-8-4-6-13(10-15)18(19,20)21/h4-12H,1-3H3,(H,22,24). The number of carbonyl (C=O) groups is 1. The van der Waals surface area contributed by atoms with Crippen molar-refractivity contribution in [1.82, 2.24) is 0 Å². The van der Waals surface area contributed by atoms with Crippen LogP contribution in [0.2, 0.25) is 0 Å². The van der Waals surface area contributed by atoms with Crippen molar-refractivity contribution in [1.29, 1.82) is 0 Å². The highest BCUT2D eigenvalue weighted by Crippen LogP contribution is 2.33. The average Bonchev–Trinajstić information content (AvgIpc) is 2.60. The second-order valence-electron chi connectivity index (χ2n) is 6.00. The van der Waals surface area contributed by atoms with Gasteiger partial charge in [0.1, 0.15) is 6.04 Å². The molecule has 152 valence electrons. The molecular formula is C18H19F3N2O3S2. The van der Waals surface area contributed by atoms with Crippen molar-refractivity contribution in [2.45, 2.75) is 24.0 Å². The minimum atomic E-state index is -4.64. The van der Waals surface area contributed by atoms with Crippen LogP contribution >= 0.6 is 11.8 Å². The van der Waals surface area contributed by atoms with E-state index in [1.165, 1.54) is 24.8 Å².